The van der Waals surface area contributed by atoms with Crippen LogP contribution < -0.4 is 5.32 Å². The van der Waals surface area contributed by atoms with Gasteiger partial charge in [0.05, 0.1) is 4.47 Å². The fourth-order valence-corrected chi connectivity index (χ4v) is 4.02. The summed E-state index contributed by atoms with van der Waals surface area (Å²) in [7, 11) is 2.00. The summed E-state index contributed by atoms with van der Waals surface area (Å²) < 4.78 is 14.0. The van der Waals surface area contributed by atoms with Gasteiger partial charge in [0.15, 0.2) is 0 Å². The molecule has 2 atom stereocenters. The highest BCUT2D eigenvalue weighted by molar-refractivity contribution is 9.10. The molecule has 1 heterocycles. The van der Waals surface area contributed by atoms with Crippen LogP contribution in [0.15, 0.2) is 22.7 Å². The Kier molecular flexibility index (Phi) is 4.27. The molecule has 4 heteroatoms. The second kappa shape index (κ2) is 5.52. The van der Waals surface area contributed by atoms with Crippen LogP contribution in [-0.4, -0.2) is 24.6 Å². The second-order valence-electron chi connectivity index (χ2n) is 4.11. The molecule has 0 amide bonds. The molecule has 88 valence electrons. The van der Waals surface area contributed by atoms with E-state index in [1.807, 2.05) is 24.9 Å². The lowest BCUT2D eigenvalue weighted by Crippen LogP contribution is -2.33. The van der Waals surface area contributed by atoms with Crippen LogP contribution in [0.3, 0.4) is 0 Å². The third-order valence-corrected chi connectivity index (χ3v) is 5.23. The molecular weight excluding hydrogens is 289 g/mol. The van der Waals surface area contributed by atoms with Gasteiger partial charge in [-0.05, 0) is 52.7 Å². The normalized spacial score (nSPS) is 24.9. The van der Waals surface area contributed by atoms with Gasteiger partial charge in [-0.2, -0.15) is 11.8 Å². The third-order valence-electron chi connectivity index (χ3n) is 3.08. The predicted octanol–water partition coefficient (Wildman–Crippen LogP) is 3.08. The maximum Gasteiger partial charge on any atom is 0.137 e. The van der Waals surface area contributed by atoms with Gasteiger partial charge in [0.25, 0.3) is 0 Å². The van der Waals surface area contributed by atoms with E-state index in [0.717, 1.165) is 23.5 Å². The summed E-state index contributed by atoms with van der Waals surface area (Å²) in [5.74, 6) is 2.76. The number of benzene rings is 1. The Bertz CT molecular complexity index is 372. The molecule has 1 saturated heterocycles. The molecule has 0 bridgehead atoms. The standard InChI is InChI=1S/C12H15BrFNS/c1-15-11-7-16-6-9(11)5-8-3-2-4-10(14)12(8)13/h2-4,9,11,15H,5-7H2,1H3. The van der Waals surface area contributed by atoms with Crippen LogP contribution in [0.2, 0.25) is 0 Å². The molecule has 0 aromatic heterocycles. The van der Waals surface area contributed by atoms with E-state index in [0.29, 0.717) is 16.4 Å². The summed E-state index contributed by atoms with van der Waals surface area (Å²) in [6.45, 7) is 0. The second-order valence-corrected chi connectivity index (χ2v) is 5.98. The van der Waals surface area contributed by atoms with Crippen molar-refractivity contribution in [2.45, 2.75) is 12.5 Å². The zero-order valence-corrected chi connectivity index (χ0v) is 11.6. The average Bonchev–Trinajstić information content (AvgIpc) is 2.72. The zero-order chi connectivity index (χ0) is 11.5. The molecule has 0 radical (unpaired) electrons. The third kappa shape index (κ3) is 2.60. The van der Waals surface area contributed by atoms with Gasteiger partial charge in [-0.15, -0.1) is 0 Å². The van der Waals surface area contributed by atoms with Crippen molar-refractivity contribution >= 4 is 27.7 Å². The molecule has 0 aliphatic carbocycles. The maximum absolute atomic E-state index is 13.4. The van der Waals surface area contributed by atoms with E-state index in [1.165, 1.54) is 6.07 Å². The maximum atomic E-state index is 13.4. The lowest BCUT2D eigenvalue weighted by molar-refractivity contribution is 0.452. The average molecular weight is 304 g/mol. The van der Waals surface area contributed by atoms with Crippen LogP contribution in [0, 0.1) is 11.7 Å². The number of rotatable bonds is 3. The van der Waals surface area contributed by atoms with E-state index in [1.54, 1.807) is 6.07 Å². The first kappa shape index (κ1) is 12.4. The van der Waals surface area contributed by atoms with Crippen molar-refractivity contribution in [2.75, 3.05) is 18.6 Å². The predicted molar refractivity (Wildman–Crippen MR) is 71.5 cm³/mol. The molecule has 1 aromatic rings. The SMILES string of the molecule is CNC1CSCC1Cc1cccc(F)c1Br. The van der Waals surface area contributed by atoms with Crippen LogP contribution in [-0.2, 0) is 6.42 Å². The molecule has 1 N–H and O–H groups in total. The van der Waals surface area contributed by atoms with Gasteiger partial charge in [0.2, 0.25) is 0 Å². The van der Waals surface area contributed by atoms with Crippen LogP contribution in [0.4, 0.5) is 4.39 Å². The smallest absolute Gasteiger partial charge is 0.137 e. The Morgan fingerprint density at radius 2 is 2.31 bits per heavy atom. The van der Waals surface area contributed by atoms with Crippen LogP contribution in [0.5, 0.6) is 0 Å². The van der Waals surface area contributed by atoms with Gasteiger partial charge in [-0.3, -0.25) is 0 Å². The highest BCUT2D eigenvalue weighted by Gasteiger charge is 2.27. The van der Waals surface area contributed by atoms with Crippen molar-refractivity contribution < 1.29 is 4.39 Å². The highest BCUT2D eigenvalue weighted by Crippen LogP contribution is 2.30. The molecule has 0 spiro atoms. The van der Waals surface area contributed by atoms with Crippen LogP contribution in [0.25, 0.3) is 0 Å². The summed E-state index contributed by atoms with van der Waals surface area (Å²) >= 11 is 5.30. The topological polar surface area (TPSA) is 12.0 Å². The summed E-state index contributed by atoms with van der Waals surface area (Å²) in [5.41, 5.74) is 1.08. The van der Waals surface area contributed by atoms with Crippen molar-refractivity contribution in [3.63, 3.8) is 0 Å². The summed E-state index contributed by atoms with van der Waals surface area (Å²) in [5, 5.41) is 3.34. The Labute approximate surface area is 108 Å². The van der Waals surface area contributed by atoms with Gasteiger partial charge in [0, 0.05) is 11.8 Å². The van der Waals surface area contributed by atoms with E-state index in [9.17, 15) is 4.39 Å². The lowest BCUT2D eigenvalue weighted by atomic mass is 9.95. The summed E-state index contributed by atoms with van der Waals surface area (Å²) in [6, 6.07) is 5.83. The van der Waals surface area contributed by atoms with Gasteiger partial charge >= 0.3 is 0 Å². The molecule has 2 rings (SSSR count). The fourth-order valence-electron chi connectivity index (χ4n) is 2.11. The molecule has 1 nitrogen and oxygen atoms in total. The highest BCUT2D eigenvalue weighted by atomic mass is 79.9. The number of hydrogen-bond acceptors (Lipinski definition) is 2. The molecule has 1 fully saturated rings. The first-order chi connectivity index (χ1) is 7.72. The van der Waals surface area contributed by atoms with Crippen molar-refractivity contribution in [2.24, 2.45) is 5.92 Å². The number of thioether (sulfide) groups is 1. The zero-order valence-electron chi connectivity index (χ0n) is 9.17. The molecule has 16 heavy (non-hydrogen) atoms. The fraction of sp³-hybridized carbons (Fsp3) is 0.500. The van der Waals surface area contributed by atoms with Gasteiger partial charge in [0.1, 0.15) is 5.82 Å². The Hall–Kier alpha value is -0.0600. The Morgan fingerprint density at radius 3 is 3.06 bits per heavy atom. The van der Waals surface area contributed by atoms with Crippen LogP contribution >= 0.6 is 27.7 Å². The van der Waals surface area contributed by atoms with Crippen molar-refractivity contribution in [3.05, 3.63) is 34.1 Å². The summed E-state index contributed by atoms with van der Waals surface area (Å²) in [4.78, 5) is 0. The minimum atomic E-state index is -0.163. The monoisotopic (exact) mass is 303 g/mol. The number of halogens is 2. The van der Waals surface area contributed by atoms with Crippen molar-refractivity contribution in [3.8, 4) is 0 Å². The molecule has 0 saturated carbocycles. The van der Waals surface area contributed by atoms with E-state index >= 15 is 0 Å². The van der Waals surface area contributed by atoms with Crippen LogP contribution in [0.1, 0.15) is 5.56 Å². The quantitative estimate of drug-likeness (QED) is 0.921. The van der Waals surface area contributed by atoms with E-state index in [-0.39, 0.29) is 5.82 Å². The van der Waals surface area contributed by atoms with Crippen molar-refractivity contribution in [1.82, 2.24) is 5.32 Å². The first-order valence-corrected chi connectivity index (χ1v) is 7.35. The Morgan fingerprint density at radius 1 is 1.50 bits per heavy atom. The Balaban J connectivity index is 2.11. The molecule has 1 aliphatic rings. The van der Waals surface area contributed by atoms with E-state index < -0.39 is 0 Å². The van der Waals surface area contributed by atoms with Gasteiger partial charge in [-0.1, -0.05) is 12.1 Å². The minimum absolute atomic E-state index is 0.163. The van der Waals surface area contributed by atoms with E-state index in [4.69, 9.17) is 0 Å². The largest absolute Gasteiger partial charge is 0.316 e. The number of nitrogens with one attached hydrogen (secondary N) is 1. The lowest BCUT2D eigenvalue weighted by Gasteiger charge is -2.18. The molecular formula is C12H15BrFNS. The minimum Gasteiger partial charge on any atom is -0.316 e. The molecule has 1 aliphatic heterocycles. The number of hydrogen-bond donors (Lipinski definition) is 1. The first-order valence-electron chi connectivity index (χ1n) is 5.40. The van der Waals surface area contributed by atoms with Gasteiger partial charge in [-0.25, -0.2) is 4.39 Å². The summed E-state index contributed by atoms with van der Waals surface area (Å²) in [6.07, 6.45) is 0.941. The van der Waals surface area contributed by atoms with Crippen molar-refractivity contribution in [1.29, 1.82) is 0 Å². The van der Waals surface area contributed by atoms with E-state index in [2.05, 4.69) is 21.2 Å². The van der Waals surface area contributed by atoms with Gasteiger partial charge < -0.3 is 5.32 Å². The molecule has 1 aromatic carbocycles. The molecule has 2 unspecified atom stereocenters.